The Morgan fingerprint density at radius 1 is 0.680 bits per heavy atom. The van der Waals surface area contributed by atoms with Crippen LogP contribution in [0.3, 0.4) is 0 Å². The van der Waals surface area contributed by atoms with E-state index in [4.69, 9.17) is 4.55 Å². The van der Waals surface area contributed by atoms with Gasteiger partial charge >= 0.3 is 0 Å². The van der Waals surface area contributed by atoms with Crippen LogP contribution in [-0.4, -0.2) is 43.9 Å². The third kappa shape index (κ3) is 3.12. The van der Waals surface area contributed by atoms with Crippen LogP contribution in [0.1, 0.15) is 0 Å². The largest absolute Gasteiger partial charge is 0.353 e. The van der Waals surface area contributed by atoms with Gasteiger partial charge in [0.05, 0.1) is 15.3 Å². The molecule has 0 radical (unpaired) electrons. The minimum absolute atomic E-state index is 0.0560. The summed E-state index contributed by atoms with van der Waals surface area (Å²) in [6, 6.07) is 4.73. The maximum absolute atomic E-state index is 11.6. The summed E-state index contributed by atoms with van der Waals surface area (Å²) in [5.41, 5.74) is 0.0113. The number of H-pyrrole nitrogens is 1. The lowest BCUT2D eigenvalue weighted by Crippen LogP contribution is -2.04. The second-order valence-electron chi connectivity index (χ2n) is 5.10. The second-order valence-corrected chi connectivity index (χ2v) is 9.33. The zero-order valence-corrected chi connectivity index (χ0v) is 14.4. The number of hydrogen-bond donors (Lipinski definition) is 4. The van der Waals surface area contributed by atoms with E-state index >= 15 is 0 Å². The number of aromatic amines is 1. The van der Waals surface area contributed by atoms with Crippen LogP contribution < -0.4 is 0 Å². The number of fused-ring (bicyclic) bond motifs is 3. The normalized spacial score (nSPS) is 13.6. The summed E-state index contributed by atoms with van der Waals surface area (Å²) < 4.78 is 96.0. The first-order valence-corrected chi connectivity index (χ1v) is 10.6. The molecule has 0 fully saturated rings. The van der Waals surface area contributed by atoms with Gasteiger partial charge in [-0.05, 0) is 30.3 Å². The Labute approximate surface area is 141 Å². The zero-order chi connectivity index (χ0) is 18.8. The van der Waals surface area contributed by atoms with Gasteiger partial charge in [0.2, 0.25) is 0 Å². The minimum atomic E-state index is -4.87. The summed E-state index contributed by atoms with van der Waals surface area (Å²) in [6.45, 7) is 0. The van der Waals surface area contributed by atoms with Gasteiger partial charge in [0.15, 0.2) is 0 Å². The Hall–Kier alpha value is -2.03. The third-order valence-corrected chi connectivity index (χ3v) is 6.05. The lowest BCUT2D eigenvalue weighted by atomic mass is 10.1. The fourth-order valence-corrected chi connectivity index (χ4v) is 4.24. The van der Waals surface area contributed by atoms with Gasteiger partial charge in [-0.3, -0.25) is 13.7 Å². The van der Waals surface area contributed by atoms with Crippen LogP contribution in [-0.2, 0) is 30.4 Å². The van der Waals surface area contributed by atoms with Crippen molar-refractivity contribution in [2.24, 2.45) is 0 Å². The van der Waals surface area contributed by atoms with Crippen molar-refractivity contribution < 1.29 is 38.9 Å². The van der Waals surface area contributed by atoms with Crippen molar-refractivity contribution in [3.63, 3.8) is 0 Å². The molecule has 2 aromatic carbocycles. The molecule has 0 atom stereocenters. The molecule has 0 aliphatic rings. The molecular weight excluding hydrogens is 398 g/mol. The molecule has 3 aromatic rings. The van der Waals surface area contributed by atoms with Crippen molar-refractivity contribution in [3.8, 4) is 0 Å². The van der Waals surface area contributed by atoms with Crippen molar-refractivity contribution in [3.05, 3.63) is 30.3 Å². The van der Waals surface area contributed by atoms with Crippen LogP contribution in [0.25, 0.3) is 21.8 Å². The highest BCUT2D eigenvalue weighted by Gasteiger charge is 2.23. The van der Waals surface area contributed by atoms with E-state index in [-0.39, 0.29) is 21.8 Å². The maximum atomic E-state index is 11.6. The zero-order valence-electron chi connectivity index (χ0n) is 11.9. The predicted octanol–water partition coefficient (Wildman–Crippen LogP) is 1.06. The van der Waals surface area contributed by atoms with Gasteiger partial charge in [-0.2, -0.15) is 25.3 Å². The average Bonchev–Trinajstić information content (AvgIpc) is 2.80. The Morgan fingerprint density at radius 3 is 1.76 bits per heavy atom. The highest BCUT2D eigenvalue weighted by molar-refractivity contribution is 7.87. The average molecular weight is 407 g/mol. The maximum Gasteiger partial charge on any atom is 0.296 e. The third-order valence-electron chi connectivity index (χ3n) is 3.49. The predicted molar refractivity (Wildman–Crippen MR) is 85.2 cm³/mol. The molecule has 0 amide bonds. The van der Waals surface area contributed by atoms with E-state index in [1.165, 1.54) is 6.07 Å². The van der Waals surface area contributed by atoms with Crippen LogP contribution in [0.5, 0.6) is 0 Å². The van der Waals surface area contributed by atoms with Gasteiger partial charge in [-0.15, -0.1) is 0 Å². The molecule has 10 nitrogen and oxygen atoms in total. The van der Waals surface area contributed by atoms with E-state index in [1.807, 2.05) is 0 Å². The molecule has 0 unspecified atom stereocenters. The number of hydrogen-bond acceptors (Lipinski definition) is 6. The highest BCUT2D eigenvalue weighted by atomic mass is 32.2. The van der Waals surface area contributed by atoms with E-state index in [2.05, 4.69) is 4.98 Å². The first kappa shape index (κ1) is 17.8. The number of rotatable bonds is 3. The summed E-state index contributed by atoms with van der Waals surface area (Å²) in [5.74, 6) is 0. The molecular formula is C12H9NO9S3. The fraction of sp³-hybridized carbons (Fsp3) is 0. The summed E-state index contributed by atoms with van der Waals surface area (Å²) in [6.07, 6.45) is 0. The van der Waals surface area contributed by atoms with E-state index in [0.29, 0.717) is 6.07 Å². The lowest BCUT2D eigenvalue weighted by molar-refractivity contribution is 0.479. The number of benzene rings is 2. The monoisotopic (exact) mass is 407 g/mol. The van der Waals surface area contributed by atoms with Crippen LogP contribution >= 0.6 is 0 Å². The lowest BCUT2D eigenvalue weighted by Gasteiger charge is -2.03. The van der Waals surface area contributed by atoms with Gasteiger partial charge in [-0.1, -0.05) is 0 Å². The first-order chi connectivity index (χ1) is 11.3. The van der Waals surface area contributed by atoms with Gasteiger partial charge in [0.25, 0.3) is 30.4 Å². The van der Waals surface area contributed by atoms with E-state index < -0.39 is 45.0 Å². The molecule has 134 valence electrons. The SMILES string of the molecule is O=S(=O)(O)c1ccc2[nH]c3c(S(=O)(=O)O)cc(S(=O)(=O)O)cc3c2c1. The smallest absolute Gasteiger partial charge is 0.296 e. The molecule has 25 heavy (non-hydrogen) atoms. The van der Waals surface area contributed by atoms with Gasteiger partial charge in [0.1, 0.15) is 4.90 Å². The molecule has 13 heteroatoms. The van der Waals surface area contributed by atoms with Gasteiger partial charge in [-0.25, -0.2) is 0 Å². The van der Waals surface area contributed by atoms with E-state index in [9.17, 15) is 34.4 Å². The molecule has 0 saturated carbocycles. The van der Waals surface area contributed by atoms with E-state index in [0.717, 1.165) is 18.2 Å². The van der Waals surface area contributed by atoms with Crippen LogP contribution in [0.4, 0.5) is 0 Å². The van der Waals surface area contributed by atoms with Crippen molar-refractivity contribution >= 4 is 52.2 Å². The molecule has 1 aromatic heterocycles. The van der Waals surface area contributed by atoms with Crippen LogP contribution in [0, 0.1) is 0 Å². The second kappa shape index (κ2) is 5.23. The quantitative estimate of drug-likeness (QED) is 0.462. The molecule has 0 spiro atoms. The summed E-state index contributed by atoms with van der Waals surface area (Å²) in [4.78, 5) is 0.479. The van der Waals surface area contributed by atoms with Crippen LogP contribution in [0.2, 0.25) is 0 Å². The van der Waals surface area contributed by atoms with Crippen LogP contribution in [0.15, 0.2) is 45.0 Å². The van der Waals surface area contributed by atoms with Gasteiger partial charge in [0, 0.05) is 16.3 Å². The van der Waals surface area contributed by atoms with E-state index in [1.54, 1.807) is 0 Å². The Kier molecular flexibility index (Phi) is 3.72. The topological polar surface area (TPSA) is 179 Å². The molecule has 3 rings (SSSR count). The van der Waals surface area contributed by atoms with Crippen molar-refractivity contribution in [2.45, 2.75) is 14.7 Å². The molecule has 0 aliphatic carbocycles. The fourth-order valence-electron chi connectivity index (χ4n) is 2.43. The molecule has 0 bridgehead atoms. The minimum Gasteiger partial charge on any atom is -0.353 e. The molecule has 0 aliphatic heterocycles. The molecule has 0 saturated heterocycles. The number of aromatic nitrogens is 1. The Balaban J connectivity index is 2.58. The Bertz CT molecular complexity index is 1350. The van der Waals surface area contributed by atoms with Crippen molar-refractivity contribution in [1.29, 1.82) is 0 Å². The highest BCUT2D eigenvalue weighted by Crippen LogP contribution is 2.33. The first-order valence-electron chi connectivity index (χ1n) is 6.30. The summed E-state index contributed by atoms with van der Waals surface area (Å²) in [5, 5.41) is -0.0382. The summed E-state index contributed by atoms with van der Waals surface area (Å²) in [7, 11) is -14.3. The summed E-state index contributed by atoms with van der Waals surface area (Å²) >= 11 is 0. The standard InChI is InChI=1S/C12H9NO9S3/c14-23(15,16)6-1-2-10-8(3-6)9-4-7(24(17,18)19)5-11(12(9)13-10)25(20,21)22/h1-5,13H,(H,14,15,16)(H,17,18,19)(H,20,21,22). The number of nitrogens with one attached hydrogen (secondary N) is 1. The van der Waals surface area contributed by atoms with Crippen molar-refractivity contribution in [2.75, 3.05) is 0 Å². The van der Waals surface area contributed by atoms with Gasteiger partial charge < -0.3 is 4.98 Å². The Morgan fingerprint density at radius 2 is 1.24 bits per heavy atom. The molecule has 4 N–H and O–H groups in total. The van der Waals surface area contributed by atoms with Crippen molar-refractivity contribution in [1.82, 2.24) is 4.98 Å². The molecule has 1 heterocycles.